The summed E-state index contributed by atoms with van der Waals surface area (Å²) in [5.74, 6) is -4.07. The molecule has 3 saturated carbocycles. The van der Waals surface area contributed by atoms with Gasteiger partial charge in [0.2, 0.25) is 29.5 Å². The van der Waals surface area contributed by atoms with Crippen molar-refractivity contribution in [1.82, 2.24) is 31.5 Å². The zero-order valence-corrected chi connectivity index (χ0v) is 46.2. The molecule has 2 aliphatic heterocycles. The van der Waals surface area contributed by atoms with Gasteiger partial charge in [0.25, 0.3) is 11.8 Å². The number of fused-ring (bicyclic) bond motifs is 7. The van der Waals surface area contributed by atoms with Crippen LogP contribution >= 0.6 is 0 Å². The van der Waals surface area contributed by atoms with Crippen LogP contribution in [-0.4, -0.2) is 131 Å². The van der Waals surface area contributed by atoms with Gasteiger partial charge in [-0.3, -0.25) is 48.1 Å². The smallest absolute Gasteiger partial charge is 0.253 e. The number of aliphatic hydroxyl groups is 2. The fourth-order valence-electron chi connectivity index (χ4n) is 13.5. The van der Waals surface area contributed by atoms with Crippen molar-refractivity contribution in [2.45, 2.75) is 115 Å². The number of ketones is 2. The van der Waals surface area contributed by atoms with Crippen molar-refractivity contribution in [1.29, 1.82) is 0 Å². The van der Waals surface area contributed by atoms with Gasteiger partial charge < -0.3 is 51.0 Å². The lowest BCUT2D eigenvalue weighted by Crippen LogP contribution is -2.63. The fraction of sp³-hybridized carbons (Fsp3) is 0.468. The molecular formula is C62H72N6O14. The first-order valence-electron chi connectivity index (χ1n) is 28.2. The summed E-state index contributed by atoms with van der Waals surface area (Å²) >= 11 is 0. The first-order chi connectivity index (χ1) is 39.4. The molecule has 3 aromatic rings. The molecule has 4 aliphatic carbocycles. The van der Waals surface area contributed by atoms with Gasteiger partial charge in [-0.15, -0.1) is 0 Å². The van der Waals surface area contributed by atoms with Gasteiger partial charge in [0.1, 0.15) is 19.4 Å². The van der Waals surface area contributed by atoms with Crippen molar-refractivity contribution < 1.29 is 67.6 Å². The Balaban J connectivity index is 0.681. The molecule has 1 saturated heterocycles. The van der Waals surface area contributed by atoms with E-state index >= 15 is 0 Å². The van der Waals surface area contributed by atoms with Crippen LogP contribution in [0.4, 0.5) is 0 Å². The van der Waals surface area contributed by atoms with Crippen LogP contribution < -0.4 is 26.6 Å². The number of allylic oxidation sites excluding steroid dienone is 4. The SMILES string of the molecule is C[C@]12C=CC(=O)C=C1CC[C@@H]1[C@@H]2[C@@H](O)C[C@@]2(C)[C@H]1C[C@H]1O[C@@H](c3ccc(Cc4ccc(COCNC(=O)CNC(=O)[C@H](Cc5ccccc5)NC(=O)CNC(=O)CNC(=O)CCCCCN5C(=O)C=CC5=O)cc4)cc3)O[C@]12C(=O)CO. The van der Waals surface area contributed by atoms with E-state index in [1.165, 1.54) is 12.2 Å². The van der Waals surface area contributed by atoms with E-state index in [0.29, 0.717) is 38.5 Å². The second-order valence-electron chi connectivity index (χ2n) is 22.7. The number of Topliss-reactive ketones (excluding diaryl/α,β-unsaturated/α-hetero) is 1. The van der Waals surface area contributed by atoms with Gasteiger partial charge in [0.05, 0.1) is 38.4 Å². The van der Waals surface area contributed by atoms with Crippen molar-refractivity contribution in [3.8, 4) is 0 Å². The molecule has 0 radical (unpaired) electrons. The van der Waals surface area contributed by atoms with Gasteiger partial charge in [-0.2, -0.15) is 0 Å². The van der Waals surface area contributed by atoms with Crippen LogP contribution in [0.25, 0.3) is 0 Å². The summed E-state index contributed by atoms with van der Waals surface area (Å²) < 4.78 is 19.1. The Bertz CT molecular complexity index is 3000. The molecule has 4 fully saturated rings. The zero-order chi connectivity index (χ0) is 58.2. The molecule has 0 bridgehead atoms. The van der Waals surface area contributed by atoms with E-state index in [0.717, 1.165) is 51.1 Å². The van der Waals surface area contributed by atoms with Crippen molar-refractivity contribution in [2.24, 2.45) is 28.6 Å². The van der Waals surface area contributed by atoms with Crippen LogP contribution in [0, 0.1) is 28.6 Å². The van der Waals surface area contributed by atoms with E-state index < -0.39 is 90.1 Å². The van der Waals surface area contributed by atoms with Crippen LogP contribution in [-0.2, 0) is 76.8 Å². The summed E-state index contributed by atoms with van der Waals surface area (Å²) in [5.41, 5.74) is 2.76. The molecule has 9 rings (SSSR count). The maximum atomic E-state index is 14.0. The van der Waals surface area contributed by atoms with Crippen LogP contribution in [0.2, 0.25) is 0 Å². The minimum Gasteiger partial charge on any atom is -0.393 e. The Morgan fingerprint density at radius 2 is 1.41 bits per heavy atom. The Morgan fingerprint density at radius 3 is 2.13 bits per heavy atom. The quantitative estimate of drug-likeness (QED) is 0.0365. The molecule has 82 heavy (non-hydrogen) atoms. The standard InChI is InChI=1S/C62H72N6O14/c1-60-25-24-44(70)29-43(60)20-21-45-46-30-50-62(49(72)35-69,61(46,2)31-48(71)57(45)60)82-59(81-50)42-18-16-40(17-19-42)27-39-12-14-41(15-13-39)36-80-37-66-53(75)33-65-58(79)47(28-38-9-5-3-6-10-38)67-54(76)34-64-52(74)32-63-51(73)11-7-4-8-26-68-55(77)22-23-56(68)78/h3,5-6,9-10,12-19,22-25,29,45-48,50,57,59,69,71H,4,7-8,11,20-21,26-28,30-37H2,1-2H3,(H,63,73)(H,64,74)(H,65,79)(H,66,75)(H,67,76)/t45-,46-,47-,48-,50+,57+,59+,60-,61-,62+/m0/s1. The molecule has 7 N–H and O–H groups in total. The number of unbranched alkanes of at least 4 members (excludes halogenated alkanes) is 2. The van der Waals surface area contributed by atoms with Crippen molar-refractivity contribution in [3.05, 3.63) is 143 Å². The average Bonchev–Trinajstić information content (AvgIpc) is 1.93. The number of benzene rings is 3. The molecule has 3 aromatic carbocycles. The molecule has 10 atom stereocenters. The number of carbonyl (C=O) groups excluding carboxylic acids is 9. The van der Waals surface area contributed by atoms with Gasteiger partial charge in [-0.1, -0.05) is 111 Å². The summed E-state index contributed by atoms with van der Waals surface area (Å²) in [6, 6.07) is 23.5. The van der Waals surface area contributed by atoms with E-state index in [4.69, 9.17) is 14.2 Å². The Morgan fingerprint density at radius 1 is 0.756 bits per heavy atom. The summed E-state index contributed by atoms with van der Waals surface area (Å²) in [6.45, 7) is 2.50. The van der Waals surface area contributed by atoms with E-state index in [9.17, 15) is 53.4 Å². The van der Waals surface area contributed by atoms with E-state index in [1.807, 2.05) is 61.5 Å². The number of rotatable bonds is 25. The summed E-state index contributed by atoms with van der Waals surface area (Å²) in [6.07, 6.45) is 10.3. The fourth-order valence-corrected chi connectivity index (χ4v) is 13.5. The number of aliphatic hydroxyl groups excluding tert-OH is 2. The van der Waals surface area contributed by atoms with Gasteiger partial charge in [-0.05, 0) is 91.2 Å². The molecule has 434 valence electrons. The number of nitrogens with one attached hydrogen (secondary N) is 5. The largest absolute Gasteiger partial charge is 0.393 e. The van der Waals surface area contributed by atoms with E-state index in [2.05, 4.69) is 33.5 Å². The number of hydrogen-bond acceptors (Lipinski definition) is 14. The number of ether oxygens (including phenoxy) is 3. The lowest BCUT2D eigenvalue weighted by molar-refractivity contribution is -0.201. The molecule has 0 unspecified atom stereocenters. The van der Waals surface area contributed by atoms with Gasteiger partial charge in [0.15, 0.2) is 23.5 Å². The van der Waals surface area contributed by atoms with E-state index in [-0.39, 0.29) is 80.5 Å². The molecule has 20 heteroatoms. The van der Waals surface area contributed by atoms with Crippen molar-refractivity contribution in [3.63, 3.8) is 0 Å². The number of carbonyl (C=O) groups is 9. The first-order valence-corrected chi connectivity index (χ1v) is 28.2. The van der Waals surface area contributed by atoms with Crippen LogP contribution in [0.3, 0.4) is 0 Å². The highest BCUT2D eigenvalue weighted by Gasteiger charge is 2.76. The topological polar surface area (TPSA) is 285 Å². The van der Waals surface area contributed by atoms with Gasteiger partial charge in [0, 0.05) is 53.8 Å². The Hall–Kier alpha value is -7.49. The maximum Gasteiger partial charge on any atom is 0.253 e. The third-order valence-corrected chi connectivity index (χ3v) is 17.6. The minimum atomic E-state index is -1.44. The molecule has 20 nitrogen and oxygen atoms in total. The monoisotopic (exact) mass is 1120 g/mol. The highest BCUT2D eigenvalue weighted by molar-refractivity contribution is 6.12. The molecule has 7 amide bonds. The second-order valence-corrected chi connectivity index (χ2v) is 22.7. The van der Waals surface area contributed by atoms with Crippen molar-refractivity contribution >= 4 is 52.9 Å². The molecular weight excluding hydrogens is 1050 g/mol. The van der Waals surface area contributed by atoms with Crippen LogP contribution in [0.15, 0.2) is 115 Å². The number of imide groups is 1. The maximum absolute atomic E-state index is 14.0. The minimum absolute atomic E-state index is 0.00533. The molecule has 0 aromatic heterocycles. The number of nitrogens with zero attached hydrogens (tertiary/aromatic N) is 1. The highest BCUT2D eigenvalue weighted by atomic mass is 16.7. The highest BCUT2D eigenvalue weighted by Crippen LogP contribution is 2.70. The van der Waals surface area contributed by atoms with E-state index in [1.54, 1.807) is 42.5 Å². The molecule has 0 spiro atoms. The zero-order valence-electron chi connectivity index (χ0n) is 46.2. The second kappa shape index (κ2) is 25.8. The van der Waals surface area contributed by atoms with Crippen molar-refractivity contribution in [2.75, 3.05) is 39.5 Å². The van der Waals surface area contributed by atoms with Gasteiger partial charge >= 0.3 is 0 Å². The average molecular weight is 1130 g/mol. The predicted molar refractivity (Wildman–Crippen MR) is 296 cm³/mol. The Labute approximate surface area is 475 Å². The van der Waals surface area contributed by atoms with Gasteiger partial charge in [-0.25, -0.2) is 0 Å². The lowest BCUT2D eigenvalue weighted by Gasteiger charge is -2.59. The predicted octanol–water partition coefficient (Wildman–Crippen LogP) is 3.03. The third kappa shape index (κ3) is 12.9. The first kappa shape index (κ1) is 59.1. The number of hydrogen-bond donors (Lipinski definition) is 7. The normalized spacial score (nSPS) is 27.1. The molecule has 2 heterocycles. The molecule has 6 aliphatic rings. The Kier molecular flexibility index (Phi) is 18.6. The summed E-state index contributed by atoms with van der Waals surface area (Å²) in [5, 5.41) is 35.1. The summed E-state index contributed by atoms with van der Waals surface area (Å²) in [7, 11) is 0. The third-order valence-electron chi connectivity index (χ3n) is 17.6. The lowest BCUT2D eigenvalue weighted by atomic mass is 9.46. The van der Waals surface area contributed by atoms with Crippen LogP contribution in [0.5, 0.6) is 0 Å². The summed E-state index contributed by atoms with van der Waals surface area (Å²) in [4.78, 5) is 114. The van der Waals surface area contributed by atoms with Crippen LogP contribution in [0.1, 0.15) is 99.3 Å². The number of amides is 7.